The Labute approximate surface area is 148 Å². The van der Waals surface area contributed by atoms with Crippen LogP contribution in [0.2, 0.25) is 0 Å². The number of hydrogen-bond donors (Lipinski definition) is 3. The number of carbonyl (C=O) groups excluding carboxylic acids is 1. The van der Waals surface area contributed by atoms with E-state index >= 15 is 0 Å². The van der Waals surface area contributed by atoms with E-state index in [-0.39, 0.29) is 12.5 Å². The fourth-order valence-electron chi connectivity index (χ4n) is 2.80. The Morgan fingerprint density at radius 1 is 1.46 bits per heavy atom. The number of aliphatic hydroxyl groups excluding tert-OH is 1. The molecule has 7 heteroatoms. The molecule has 0 spiro atoms. The maximum atomic E-state index is 12.1. The summed E-state index contributed by atoms with van der Waals surface area (Å²) < 4.78 is 5.45. The molecule has 1 aromatic heterocycles. The van der Waals surface area contributed by atoms with Crippen molar-refractivity contribution in [1.82, 2.24) is 15.6 Å². The van der Waals surface area contributed by atoms with Crippen molar-refractivity contribution in [2.24, 2.45) is 5.92 Å². The van der Waals surface area contributed by atoms with Crippen molar-refractivity contribution in [3.63, 3.8) is 0 Å². The molecule has 24 heavy (non-hydrogen) atoms. The monoisotopic (exact) mass is 355 g/mol. The molecule has 1 aromatic rings. The summed E-state index contributed by atoms with van der Waals surface area (Å²) in [5.41, 5.74) is 0. The van der Waals surface area contributed by atoms with Crippen molar-refractivity contribution in [1.29, 1.82) is 0 Å². The second-order valence-electron chi connectivity index (χ2n) is 6.71. The van der Waals surface area contributed by atoms with E-state index in [2.05, 4.69) is 15.6 Å². The highest BCUT2D eigenvalue weighted by Gasteiger charge is 2.16. The van der Waals surface area contributed by atoms with Crippen LogP contribution in [0.3, 0.4) is 0 Å². The quantitative estimate of drug-likeness (QED) is 0.599. The minimum absolute atomic E-state index is 0.0950. The molecule has 0 aromatic carbocycles. The standard InChI is InChI=1S/C17H29N3O3S/c1-12(2)19-9-14(21)11-23-17-20-10-15(24-17)16(22)18-8-7-13-5-3-4-6-13/h10,12-14,19,21H,3-9,11H2,1-2H3,(H,18,22). The SMILES string of the molecule is CC(C)NCC(O)COc1ncc(C(=O)NCCC2CCCC2)s1. The second-order valence-corrected chi connectivity index (χ2v) is 7.71. The van der Waals surface area contributed by atoms with Gasteiger partial charge in [-0.3, -0.25) is 4.79 Å². The zero-order chi connectivity index (χ0) is 17.4. The van der Waals surface area contributed by atoms with Crippen LogP contribution in [0.15, 0.2) is 6.20 Å². The summed E-state index contributed by atoms with van der Waals surface area (Å²) >= 11 is 1.21. The molecule has 1 aliphatic carbocycles. The molecule has 1 atom stereocenters. The number of aromatic nitrogens is 1. The predicted octanol–water partition coefficient (Wildman–Crippen LogP) is 2.19. The number of nitrogens with one attached hydrogen (secondary N) is 2. The minimum Gasteiger partial charge on any atom is -0.467 e. The first-order valence-corrected chi connectivity index (χ1v) is 9.64. The van der Waals surface area contributed by atoms with Crippen LogP contribution in [0.5, 0.6) is 5.19 Å². The summed E-state index contributed by atoms with van der Waals surface area (Å²) in [5, 5.41) is 16.3. The highest BCUT2D eigenvalue weighted by Crippen LogP contribution is 2.27. The molecular weight excluding hydrogens is 326 g/mol. The Balaban J connectivity index is 1.66. The van der Waals surface area contributed by atoms with Crippen LogP contribution in [0.1, 0.15) is 55.6 Å². The molecule has 1 fully saturated rings. The van der Waals surface area contributed by atoms with Crippen molar-refractivity contribution < 1.29 is 14.6 Å². The number of amides is 1. The van der Waals surface area contributed by atoms with Gasteiger partial charge >= 0.3 is 0 Å². The van der Waals surface area contributed by atoms with E-state index < -0.39 is 6.10 Å². The number of nitrogens with zero attached hydrogens (tertiary/aromatic N) is 1. The van der Waals surface area contributed by atoms with Gasteiger partial charge in [0.05, 0.1) is 6.20 Å². The minimum atomic E-state index is -0.597. The van der Waals surface area contributed by atoms with Gasteiger partial charge in [-0.1, -0.05) is 50.9 Å². The molecule has 1 saturated carbocycles. The van der Waals surface area contributed by atoms with Gasteiger partial charge in [0, 0.05) is 19.1 Å². The van der Waals surface area contributed by atoms with Crippen molar-refractivity contribution in [3.8, 4) is 5.19 Å². The van der Waals surface area contributed by atoms with E-state index in [9.17, 15) is 9.90 Å². The maximum absolute atomic E-state index is 12.1. The zero-order valence-electron chi connectivity index (χ0n) is 14.6. The van der Waals surface area contributed by atoms with Gasteiger partial charge < -0.3 is 20.5 Å². The van der Waals surface area contributed by atoms with Gasteiger partial charge in [-0.15, -0.1) is 0 Å². The molecule has 1 unspecified atom stereocenters. The van der Waals surface area contributed by atoms with Crippen molar-refractivity contribution >= 4 is 17.2 Å². The van der Waals surface area contributed by atoms with Crippen LogP contribution in [0, 0.1) is 5.92 Å². The Morgan fingerprint density at radius 3 is 2.92 bits per heavy atom. The average molecular weight is 356 g/mol. The second kappa shape index (κ2) is 9.96. The predicted molar refractivity (Wildman–Crippen MR) is 95.7 cm³/mol. The van der Waals surface area contributed by atoms with E-state index in [0.717, 1.165) is 18.9 Å². The summed E-state index contributed by atoms with van der Waals surface area (Å²) in [6.45, 7) is 5.39. The Hall–Kier alpha value is -1.18. The van der Waals surface area contributed by atoms with Crippen LogP contribution in [0.25, 0.3) is 0 Å². The molecule has 0 saturated heterocycles. The first kappa shape index (κ1) is 19.1. The molecule has 1 heterocycles. The van der Waals surface area contributed by atoms with Gasteiger partial charge in [0.1, 0.15) is 17.6 Å². The van der Waals surface area contributed by atoms with Crippen molar-refractivity contribution in [3.05, 3.63) is 11.1 Å². The number of thiazole rings is 1. The maximum Gasteiger partial charge on any atom is 0.273 e. The lowest BCUT2D eigenvalue weighted by atomic mass is 10.0. The lowest BCUT2D eigenvalue weighted by Crippen LogP contribution is -2.35. The molecule has 3 N–H and O–H groups in total. The van der Waals surface area contributed by atoms with Gasteiger partial charge in [-0.25, -0.2) is 4.98 Å². The first-order chi connectivity index (χ1) is 11.5. The highest BCUT2D eigenvalue weighted by atomic mass is 32.1. The fraction of sp³-hybridized carbons (Fsp3) is 0.765. The Kier molecular flexibility index (Phi) is 7.94. The van der Waals surface area contributed by atoms with E-state index in [0.29, 0.717) is 22.7 Å². The summed E-state index contributed by atoms with van der Waals surface area (Å²) in [5.74, 6) is 0.675. The van der Waals surface area contributed by atoms with E-state index in [1.54, 1.807) is 0 Å². The van der Waals surface area contributed by atoms with Gasteiger partial charge in [0.15, 0.2) is 0 Å². The molecule has 6 nitrogen and oxygen atoms in total. The lowest BCUT2D eigenvalue weighted by molar-refractivity contribution is 0.0955. The van der Waals surface area contributed by atoms with Crippen LogP contribution < -0.4 is 15.4 Å². The summed E-state index contributed by atoms with van der Waals surface area (Å²) in [6, 6.07) is 0.319. The smallest absolute Gasteiger partial charge is 0.273 e. The third kappa shape index (κ3) is 6.75. The van der Waals surface area contributed by atoms with Crippen LogP contribution in [-0.4, -0.2) is 47.8 Å². The molecule has 1 amide bonds. The Bertz CT molecular complexity index is 501. The summed E-state index contributed by atoms with van der Waals surface area (Å²) in [4.78, 5) is 16.7. The number of rotatable bonds is 10. The number of aliphatic hydroxyl groups is 1. The summed E-state index contributed by atoms with van der Waals surface area (Å²) in [6.07, 6.45) is 7.23. The molecule has 0 aliphatic heterocycles. The Morgan fingerprint density at radius 2 is 2.21 bits per heavy atom. The lowest BCUT2D eigenvalue weighted by Gasteiger charge is -2.13. The van der Waals surface area contributed by atoms with E-state index in [4.69, 9.17) is 4.74 Å². The van der Waals surface area contributed by atoms with Crippen molar-refractivity contribution in [2.45, 2.75) is 58.1 Å². The molecule has 1 aliphatic rings. The van der Waals surface area contributed by atoms with Crippen LogP contribution in [0.4, 0.5) is 0 Å². The van der Waals surface area contributed by atoms with Gasteiger partial charge in [0.2, 0.25) is 0 Å². The molecule has 136 valence electrons. The van der Waals surface area contributed by atoms with Crippen LogP contribution in [-0.2, 0) is 0 Å². The third-order valence-electron chi connectivity index (χ3n) is 4.18. The largest absolute Gasteiger partial charge is 0.467 e. The van der Waals surface area contributed by atoms with Crippen LogP contribution >= 0.6 is 11.3 Å². The first-order valence-electron chi connectivity index (χ1n) is 8.83. The zero-order valence-corrected chi connectivity index (χ0v) is 15.4. The fourth-order valence-corrected chi connectivity index (χ4v) is 3.49. The number of ether oxygens (including phenoxy) is 1. The molecule has 0 radical (unpaired) electrons. The topological polar surface area (TPSA) is 83.5 Å². The van der Waals surface area contributed by atoms with Gasteiger partial charge in [0.25, 0.3) is 11.1 Å². The van der Waals surface area contributed by atoms with Gasteiger partial charge in [-0.05, 0) is 12.3 Å². The van der Waals surface area contributed by atoms with Crippen molar-refractivity contribution in [2.75, 3.05) is 19.7 Å². The van der Waals surface area contributed by atoms with E-state index in [1.165, 1.54) is 43.2 Å². The summed E-state index contributed by atoms with van der Waals surface area (Å²) in [7, 11) is 0. The normalized spacial score (nSPS) is 16.5. The number of hydrogen-bond acceptors (Lipinski definition) is 6. The van der Waals surface area contributed by atoms with E-state index in [1.807, 2.05) is 13.8 Å². The molecule has 2 rings (SSSR count). The third-order valence-corrected chi connectivity index (χ3v) is 5.09. The molecular formula is C17H29N3O3S. The number of carbonyl (C=O) groups is 1. The van der Waals surface area contributed by atoms with Gasteiger partial charge in [-0.2, -0.15) is 0 Å². The highest BCUT2D eigenvalue weighted by molar-refractivity contribution is 7.15. The average Bonchev–Trinajstić information content (AvgIpc) is 3.22. The molecule has 0 bridgehead atoms.